The number of methoxy groups -OCH3 is 1. The molecule has 5 heterocycles. The van der Waals surface area contributed by atoms with Gasteiger partial charge in [-0.15, -0.1) is 0 Å². The standard InChI is InChI=1S/C33H34F3N7O4/c1-32(2,3)47-31(45)42-14-12-41(13-15-42)26-10-7-22(16-23(26)33(34,35)36)43-29-21(19-40(4)30(43)44)18-37-25-9-8-24(39-28(25)29)20-6-11-27(46-5)38-17-20/h6-11,16-18H,12-15,19H2,1-5H3. The van der Waals surface area contributed by atoms with Crippen molar-refractivity contribution in [3.05, 3.63) is 66.0 Å². The Labute approximate surface area is 269 Å². The van der Waals surface area contributed by atoms with Crippen molar-refractivity contribution in [3.8, 4) is 17.1 Å². The van der Waals surface area contributed by atoms with Crippen LogP contribution < -0.4 is 14.5 Å². The van der Waals surface area contributed by atoms with Gasteiger partial charge in [-0.05, 0) is 57.2 Å². The zero-order valence-electron chi connectivity index (χ0n) is 26.6. The summed E-state index contributed by atoms with van der Waals surface area (Å²) in [5.41, 5.74) is 1.52. The highest BCUT2D eigenvalue weighted by molar-refractivity contribution is 6.08. The van der Waals surface area contributed by atoms with Crippen molar-refractivity contribution in [3.63, 3.8) is 0 Å². The zero-order valence-corrected chi connectivity index (χ0v) is 26.6. The maximum atomic E-state index is 14.7. The van der Waals surface area contributed by atoms with Gasteiger partial charge in [0.15, 0.2) is 0 Å². The molecular formula is C33H34F3N7O4. The third kappa shape index (κ3) is 6.31. The summed E-state index contributed by atoms with van der Waals surface area (Å²) in [4.78, 5) is 45.7. The fourth-order valence-corrected chi connectivity index (χ4v) is 5.72. The molecule has 0 radical (unpaired) electrons. The van der Waals surface area contributed by atoms with E-state index < -0.39 is 29.5 Å². The fourth-order valence-electron chi connectivity index (χ4n) is 5.72. The molecule has 3 aromatic heterocycles. The highest BCUT2D eigenvalue weighted by atomic mass is 19.4. The summed E-state index contributed by atoms with van der Waals surface area (Å²) in [5, 5.41) is 0. The molecule has 47 heavy (non-hydrogen) atoms. The molecule has 0 bridgehead atoms. The lowest BCUT2D eigenvalue weighted by Gasteiger charge is -2.38. The van der Waals surface area contributed by atoms with Gasteiger partial charge in [0.2, 0.25) is 5.88 Å². The molecule has 6 rings (SSSR count). The lowest BCUT2D eigenvalue weighted by Crippen LogP contribution is -2.50. The lowest BCUT2D eigenvalue weighted by atomic mass is 10.0. The monoisotopic (exact) mass is 649 g/mol. The number of amides is 3. The number of carbonyl (C=O) groups is 2. The van der Waals surface area contributed by atoms with Gasteiger partial charge < -0.3 is 24.2 Å². The van der Waals surface area contributed by atoms with Gasteiger partial charge >= 0.3 is 18.3 Å². The first kappa shape index (κ1) is 31.8. The van der Waals surface area contributed by atoms with Crippen LogP contribution in [0.5, 0.6) is 5.88 Å². The van der Waals surface area contributed by atoms with E-state index in [1.54, 1.807) is 69.4 Å². The van der Waals surface area contributed by atoms with Gasteiger partial charge in [-0.2, -0.15) is 13.2 Å². The molecular weight excluding hydrogens is 615 g/mol. The zero-order chi connectivity index (χ0) is 33.7. The van der Waals surface area contributed by atoms with E-state index >= 15 is 0 Å². The molecule has 14 heteroatoms. The number of carbonyl (C=O) groups excluding carboxylic acids is 2. The second-order valence-electron chi connectivity index (χ2n) is 12.4. The smallest absolute Gasteiger partial charge is 0.418 e. The number of ether oxygens (including phenoxy) is 2. The van der Waals surface area contributed by atoms with Crippen molar-refractivity contribution < 1.29 is 32.2 Å². The summed E-state index contributed by atoms with van der Waals surface area (Å²) >= 11 is 0. The Kier molecular flexibility index (Phi) is 8.06. The molecule has 246 valence electrons. The summed E-state index contributed by atoms with van der Waals surface area (Å²) < 4.78 is 54.7. The number of rotatable bonds is 4. The predicted molar refractivity (Wildman–Crippen MR) is 170 cm³/mol. The number of pyridine rings is 3. The molecule has 1 saturated heterocycles. The molecule has 3 amide bonds. The van der Waals surface area contributed by atoms with E-state index in [1.165, 1.54) is 33.9 Å². The van der Waals surface area contributed by atoms with E-state index in [0.717, 1.165) is 6.07 Å². The van der Waals surface area contributed by atoms with E-state index in [2.05, 4.69) is 9.97 Å². The Morgan fingerprint density at radius 2 is 1.68 bits per heavy atom. The summed E-state index contributed by atoms with van der Waals surface area (Å²) in [6.45, 7) is 6.24. The van der Waals surface area contributed by atoms with Crippen LogP contribution in [0.4, 0.5) is 39.8 Å². The number of hydrogen-bond donors (Lipinski definition) is 0. The Morgan fingerprint density at radius 1 is 0.936 bits per heavy atom. The molecule has 1 aromatic carbocycles. The average Bonchev–Trinajstić information content (AvgIpc) is 3.04. The molecule has 2 aliphatic rings. The van der Waals surface area contributed by atoms with Crippen molar-refractivity contribution in [1.29, 1.82) is 0 Å². The number of benzene rings is 1. The van der Waals surface area contributed by atoms with Gasteiger partial charge in [-0.3, -0.25) is 9.88 Å². The largest absolute Gasteiger partial charge is 0.481 e. The van der Waals surface area contributed by atoms with Crippen LogP contribution in [0.15, 0.2) is 54.9 Å². The molecule has 0 unspecified atom stereocenters. The number of alkyl halides is 3. The van der Waals surface area contributed by atoms with Crippen molar-refractivity contribution in [2.45, 2.75) is 39.1 Å². The third-order valence-electron chi connectivity index (χ3n) is 7.97. The molecule has 0 aliphatic carbocycles. The van der Waals surface area contributed by atoms with E-state index in [0.29, 0.717) is 39.4 Å². The summed E-state index contributed by atoms with van der Waals surface area (Å²) in [6, 6.07) is 10.4. The molecule has 4 aromatic rings. The Bertz CT molecular complexity index is 1840. The van der Waals surface area contributed by atoms with Crippen LogP contribution in [0.1, 0.15) is 31.9 Å². The van der Waals surface area contributed by atoms with Crippen LogP contribution in [-0.2, 0) is 17.5 Å². The molecule has 2 aliphatic heterocycles. The second-order valence-corrected chi connectivity index (χ2v) is 12.4. The number of hydrogen-bond acceptors (Lipinski definition) is 8. The topological polar surface area (TPSA) is 104 Å². The number of anilines is 3. The first-order valence-electron chi connectivity index (χ1n) is 15.0. The first-order valence-corrected chi connectivity index (χ1v) is 15.0. The van der Waals surface area contributed by atoms with Gasteiger partial charge in [-0.1, -0.05) is 0 Å². The van der Waals surface area contributed by atoms with Crippen LogP contribution in [0.2, 0.25) is 0 Å². The van der Waals surface area contributed by atoms with E-state index in [1.807, 2.05) is 0 Å². The van der Waals surface area contributed by atoms with Gasteiger partial charge in [0.25, 0.3) is 0 Å². The van der Waals surface area contributed by atoms with Crippen molar-refractivity contribution >= 4 is 40.2 Å². The van der Waals surface area contributed by atoms with Gasteiger partial charge in [0.1, 0.15) is 11.1 Å². The SMILES string of the molecule is COc1ccc(-c2ccc3ncc4c(c3n2)N(c2ccc(N3CCN(C(=O)OC(C)(C)C)CC3)c(C(F)(F)F)c2)C(=O)N(C)C4)cn1. The summed E-state index contributed by atoms with van der Waals surface area (Å²) in [6.07, 6.45) is -2.01. The normalized spacial score (nSPS) is 15.6. The van der Waals surface area contributed by atoms with E-state index in [4.69, 9.17) is 14.5 Å². The predicted octanol–water partition coefficient (Wildman–Crippen LogP) is 6.48. The average molecular weight is 650 g/mol. The van der Waals surface area contributed by atoms with Gasteiger partial charge in [0, 0.05) is 68.5 Å². The number of halogens is 3. The van der Waals surface area contributed by atoms with Crippen molar-refractivity contribution in [1.82, 2.24) is 24.8 Å². The summed E-state index contributed by atoms with van der Waals surface area (Å²) in [5.74, 6) is 0.433. The number of fused-ring (bicyclic) bond motifs is 3. The first-order chi connectivity index (χ1) is 22.2. The molecule has 0 N–H and O–H groups in total. The van der Waals surface area contributed by atoms with Crippen LogP contribution in [0.25, 0.3) is 22.3 Å². The van der Waals surface area contributed by atoms with Gasteiger partial charge in [0.05, 0.1) is 41.8 Å². The van der Waals surface area contributed by atoms with Crippen LogP contribution >= 0.6 is 0 Å². The Balaban J connectivity index is 1.39. The lowest BCUT2D eigenvalue weighted by molar-refractivity contribution is -0.137. The molecule has 0 saturated carbocycles. The highest BCUT2D eigenvalue weighted by Crippen LogP contribution is 2.44. The Hall–Kier alpha value is -5.14. The minimum absolute atomic E-state index is 0.0323. The Morgan fingerprint density at radius 3 is 2.32 bits per heavy atom. The minimum atomic E-state index is -4.73. The summed E-state index contributed by atoms with van der Waals surface area (Å²) in [7, 11) is 3.10. The fraction of sp³-hybridized carbons (Fsp3) is 0.364. The number of urea groups is 1. The number of aromatic nitrogens is 3. The van der Waals surface area contributed by atoms with Gasteiger partial charge in [-0.25, -0.2) is 19.6 Å². The second kappa shape index (κ2) is 11.9. The maximum absolute atomic E-state index is 14.7. The minimum Gasteiger partial charge on any atom is -0.481 e. The van der Waals surface area contributed by atoms with E-state index in [-0.39, 0.29) is 44.1 Å². The highest BCUT2D eigenvalue weighted by Gasteiger charge is 2.39. The quantitative estimate of drug-likeness (QED) is 0.248. The third-order valence-corrected chi connectivity index (χ3v) is 7.97. The van der Waals surface area contributed by atoms with Crippen LogP contribution in [-0.4, -0.2) is 82.8 Å². The van der Waals surface area contributed by atoms with Crippen LogP contribution in [0, 0.1) is 0 Å². The number of nitrogens with zero attached hydrogens (tertiary/aromatic N) is 7. The number of piperazine rings is 1. The molecule has 1 fully saturated rings. The molecule has 0 spiro atoms. The van der Waals surface area contributed by atoms with Crippen LogP contribution in [0.3, 0.4) is 0 Å². The van der Waals surface area contributed by atoms with E-state index in [9.17, 15) is 22.8 Å². The van der Waals surface area contributed by atoms with Crippen molar-refractivity contribution in [2.75, 3.05) is 50.1 Å². The molecule has 0 atom stereocenters. The maximum Gasteiger partial charge on any atom is 0.418 e. The van der Waals surface area contributed by atoms with Crippen molar-refractivity contribution in [2.24, 2.45) is 0 Å². The molecule has 11 nitrogen and oxygen atoms in total.